The standard InChI is InChI=1S/C22H31N5O2/c1-14-15(2)25-29-20(14)17-13-23-22(26(3)4)24-19(17)18-11-8-12-27(18)21(28)16-9-6-5-7-10-16/h13,16,18H,5-12H2,1-4H3/t18-/m0/s1. The Hall–Kier alpha value is -2.44. The number of amides is 1. The van der Waals surface area contributed by atoms with Crippen molar-refractivity contribution in [2.75, 3.05) is 25.5 Å². The van der Waals surface area contributed by atoms with Crippen LogP contribution in [0.5, 0.6) is 0 Å². The molecule has 7 heteroatoms. The zero-order valence-corrected chi connectivity index (χ0v) is 17.9. The van der Waals surface area contributed by atoms with Gasteiger partial charge in [-0.2, -0.15) is 0 Å². The van der Waals surface area contributed by atoms with E-state index in [0.717, 1.165) is 67.6 Å². The van der Waals surface area contributed by atoms with E-state index in [2.05, 4.69) is 15.0 Å². The number of likely N-dealkylation sites (tertiary alicyclic amines) is 1. The largest absolute Gasteiger partial charge is 0.356 e. The van der Waals surface area contributed by atoms with Crippen molar-refractivity contribution in [3.05, 3.63) is 23.1 Å². The summed E-state index contributed by atoms with van der Waals surface area (Å²) in [6.07, 6.45) is 9.35. The molecule has 1 atom stereocenters. The number of aryl methyl sites for hydroxylation is 1. The van der Waals surface area contributed by atoms with Gasteiger partial charge in [0.05, 0.1) is 23.0 Å². The molecule has 0 spiro atoms. The van der Waals surface area contributed by atoms with E-state index >= 15 is 0 Å². The average Bonchev–Trinajstić information content (AvgIpc) is 3.35. The van der Waals surface area contributed by atoms with Crippen LogP contribution in [0.3, 0.4) is 0 Å². The van der Waals surface area contributed by atoms with Crippen molar-refractivity contribution in [2.45, 2.75) is 64.8 Å². The van der Waals surface area contributed by atoms with E-state index in [1.807, 2.05) is 39.0 Å². The third-order valence-corrected chi connectivity index (χ3v) is 6.41. The van der Waals surface area contributed by atoms with Gasteiger partial charge in [-0.1, -0.05) is 24.4 Å². The molecule has 2 aliphatic rings. The summed E-state index contributed by atoms with van der Waals surface area (Å²) in [4.78, 5) is 26.7. The minimum absolute atomic E-state index is 0.0362. The SMILES string of the molecule is Cc1noc(-c2cnc(N(C)C)nc2[C@@H]2CCCN2C(=O)C2CCCCC2)c1C. The van der Waals surface area contributed by atoms with Gasteiger partial charge in [-0.05, 0) is 39.5 Å². The summed E-state index contributed by atoms with van der Waals surface area (Å²) < 4.78 is 5.65. The summed E-state index contributed by atoms with van der Waals surface area (Å²) in [5.41, 5.74) is 3.59. The Morgan fingerprint density at radius 1 is 1.14 bits per heavy atom. The second-order valence-electron chi connectivity index (χ2n) is 8.61. The highest BCUT2D eigenvalue weighted by molar-refractivity contribution is 5.80. The van der Waals surface area contributed by atoms with E-state index < -0.39 is 0 Å². The van der Waals surface area contributed by atoms with Crippen LogP contribution in [0.15, 0.2) is 10.7 Å². The summed E-state index contributed by atoms with van der Waals surface area (Å²) in [6, 6.07) is -0.0362. The maximum Gasteiger partial charge on any atom is 0.226 e. The molecule has 1 saturated carbocycles. The Bertz CT molecular complexity index is 885. The molecule has 156 valence electrons. The molecule has 1 aliphatic heterocycles. The van der Waals surface area contributed by atoms with Crippen LogP contribution in [0.25, 0.3) is 11.3 Å². The first-order valence-electron chi connectivity index (χ1n) is 10.8. The fourth-order valence-corrected chi connectivity index (χ4v) is 4.60. The van der Waals surface area contributed by atoms with Crippen LogP contribution in [0.4, 0.5) is 5.95 Å². The molecule has 2 aromatic heterocycles. The molecule has 2 fully saturated rings. The van der Waals surface area contributed by atoms with Gasteiger partial charge >= 0.3 is 0 Å². The molecule has 0 unspecified atom stereocenters. The van der Waals surface area contributed by atoms with Crippen molar-refractivity contribution in [3.8, 4) is 11.3 Å². The highest BCUT2D eigenvalue weighted by atomic mass is 16.5. The van der Waals surface area contributed by atoms with E-state index in [9.17, 15) is 4.79 Å². The lowest BCUT2D eigenvalue weighted by atomic mass is 9.88. The summed E-state index contributed by atoms with van der Waals surface area (Å²) >= 11 is 0. The molecular formula is C22H31N5O2. The monoisotopic (exact) mass is 397 g/mol. The van der Waals surface area contributed by atoms with Gasteiger partial charge in [-0.15, -0.1) is 0 Å². The van der Waals surface area contributed by atoms with Crippen molar-refractivity contribution in [1.82, 2.24) is 20.0 Å². The molecule has 0 N–H and O–H groups in total. The van der Waals surface area contributed by atoms with Crippen LogP contribution in [0.2, 0.25) is 0 Å². The molecule has 0 aromatic carbocycles. The van der Waals surface area contributed by atoms with Gasteiger partial charge in [0.2, 0.25) is 11.9 Å². The van der Waals surface area contributed by atoms with Crippen molar-refractivity contribution in [3.63, 3.8) is 0 Å². The number of anilines is 1. The van der Waals surface area contributed by atoms with Gasteiger partial charge in [0.15, 0.2) is 5.76 Å². The highest BCUT2D eigenvalue weighted by Gasteiger charge is 2.37. The van der Waals surface area contributed by atoms with Gasteiger partial charge in [0, 0.05) is 38.3 Å². The lowest BCUT2D eigenvalue weighted by Gasteiger charge is -2.31. The van der Waals surface area contributed by atoms with Crippen molar-refractivity contribution >= 4 is 11.9 Å². The van der Waals surface area contributed by atoms with Gasteiger partial charge in [-0.25, -0.2) is 9.97 Å². The summed E-state index contributed by atoms with van der Waals surface area (Å²) in [5.74, 6) is 1.82. The van der Waals surface area contributed by atoms with E-state index in [-0.39, 0.29) is 12.0 Å². The Kier molecular flexibility index (Phi) is 5.56. The van der Waals surface area contributed by atoms with Crippen LogP contribution in [-0.2, 0) is 4.79 Å². The Morgan fingerprint density at radius 2 is 1.90 bits per heavy atom. The normalized spacial score (nSPS) is 20.3. The van der Waals surface area contributed by atoms with Crippen LogP contribution in [0, 0.1) is 19.8 Å². The molecule has 2 aromatic rings. The van der Waals surface area contributed by atoms with E-state index in [1.54, 1.807) is 0 Å². The minimum Gasteiger partial charge on any atom is -0.356 e. The Morgan fingerprint density at radius 3 is 2.55 bits per heavy atom. The fourth-order valence-electron chi connectivity index (χ4n) is 4.60. The fraction of sp³-hybridized carbons (Fsp3) is 0.636. The Labute approximate surface area is 172 Å². The average molecular weight is 398 g/mol. The molecule has 0 radical (unpaired) electrons. The summed E-state index contributed by atoms with van der Waals surface area (Å²) in [5, 5.41) is 4.12. The van der Waals surface area contributed by atoms with E-state index in [1.165, 1.54) is 6.42 Å². The first kappa shape index (κ1) is 19.9. The van der Waals surface area contributed by atoms with Crippen molar-refractivity contribution in [2.24, 2.45) is 5.92 Å². The Balaban J connectivity index is 1.74. The molecule has 1 aliphatic carbocycles. The topological polar surface area (TPSA) is 75.4 Å². The third-order valence-electron chi connectivity index (χ3n) is 6.41. The number of rotatable bonds is 4. The van der Waals surface area contributed by atoms with E-state index in [0.29, 0.717) is 17.6 Å². The first-order valence-corrected chi connectivity index (χ1v) is 10.8. The van der Waals surface area contributed by atoms with Gasteiger partial charge in [-0.3, -0.25) is 4.79 Å². The number of hydrogen-bond donors (Lipinski definition) is 0. The molecule has 7 nitrogen and oxygen atoms in total. The maximum atomic E-state index is 13.4. The van der Waals surface area contributed by atoms with Crippen LogP contribution < -0.4 is 4.90 Å². The highest BCUT2D eigenvalue weighted by Crippen LogP contribution is 2.40. The van der Waals surface area contributed by atoms with Crippen LogP contribution >= 0.6 is 0 Å². The van der Waals surface area contributed by atoms with Crippen molar-refractivity contribution < 1.29 is 9.32 Å². The number of carbonyl (C=O) groups is 1. The van der Waals surface area contributed by atoms with Gasteiger partial charge in [0.25, 0.3) is 0 Å². The van der Waals surface area contributed by atoms with E-state index in [4.69, 9.17) is 9.51 Å². The molecule has 0 bridgehead atoms. The minimum atomic E-state index is -0.0362. The van der Waals surface area contributed by atoms with Crippen LogP contribution in [0.1, 0.15) is 67.9 Å². The lowest BCUT2D eigenvalue weighted by Crippen LogP contribution is -2.37. The zero-order chi connectivity index (χ0) is 20.5. The first-order chi connectivity index (χ1) is 14.0. The summed E-state index contributed by atoms with van der Waals surface area (Å²) in [6.45, 7) is 4.74. The lowest BCUT2D eigenvalue weighted by molar-refractivity contribution is -0.137. The number of hydrogen-bond acceptors (Lipinski definition) is 6. The molecule has 1 saturated heterocycles. The third kappa shape index (κ3) is 3.74. The molecule has 29 heavy (non-hydrogen) atoms. The molecule has 3 heterocycles. The zero-order valence-electron chi connectivity index (χ0n) is 17.9. The summed E-state index contributed by atoms with van der Waals surface area (Å²) in [7, 11) is 3.87. The second kappa shape index (κ2) is 8.13. The molecule has 4 rings (SSSR count). The smallest absolute Gasteiger partial charge is 0.226 e. The quantitative estimate of drug-likeness (QED) is 0.774. The number of nitrogens with zero attached hydrogens (tertiary/aromatic N) is 5. The van der Waals surface area contributed by atoms with Crippen LogP contribution in [-0.4, -0.2) is 46.6 Å². The van der Waals surface area contributed by atoms with Gasteiger partial charge in [0.1, 0.15) is 0 Å². The number of carbonyl (C=O) groups excluding carboxylic acids is 1. The number of aromatic nitrogens is 3. The van der Waals surface area contributed by atoms with Gasteiger partial charge < -0.3 is 14.3 Å². The second-order valence-corrected chi connectivity index (χ2v) is 8.61. The molecular weight excluding hydrogens is 366 g/mol. The molecule has 1 amide bonds. The van der Waals surface area contributed by atoms with Crippen molar-refractivity contribution in [1.29, 1.82) is 0 Å². The predicted molar refractivity (Wildman–Crippen MR) is 112 cm³/mol. The maximum absolute atomic E-state index is 13.4. The predicted octanol–water partition coefficient (Wildman–Crippen LogP) is 4.06.